The van der Waals surface area contributed by atoms with E-state index in [9.17, 15) is 4.79 Å². The predicted octanol–water partition coefficient (Wildman–Crippen LogP) is 4.46. The molecule has 2 aliphatic carbocycles. The van der Waals surface area contributed by atoms with Crippen LogP contribution in [0, 0.1) is 5.92 Å². The molecule has 5 rings (SSSR count). The number of hydrogen-bond acceptors (Lipinski definition) is 3. The van der Waals surface area contributed by atoms with Crippen molar-refractivity contribution in [1.29, 1.82) is 0 Å². The Morgan fingerprint density at radius 2 is 2.17 bits per heavy atom. The molecule has 2 unspecified atom stereocenters. The van der Waals surface area contributed by atoms with Crippen LogP contribution < -0.4 is 5.32 Å². The van der Waals surface area contributed by atoms with Crippen molar-refractivity contribution in [3.05, 3.63) is 58.0 Å². The Morgan fingerprint density at radius 1 is 1.30 bits per heavy atom. The van der Waals surface area contributed by atoms with Gasteiger partial charge in [-0.05, 0) is 51.8 Å². The molecule has 2 atom stereocenters. The van der Waals surface area contributed by atoms with Crippen LogP contribution in [-0.4, -0.2) is 10.2 Å². The van der Waals surface area contributed by atoms with Crippen molar-refractivity contribution in [3.8, 4) is 0 Å². The first kappa shape index (κ1) is 13.5. The molecule has 1 heterocycles. The van der Waals surface area contributed by atoms with E-state index in [2.05, 4.69) is 47.8 Å². The highest BCUT2D eigenvalue weighted by atomic mass is 32.2. The molecule has 2 fully saturated rings. The molecule has 1 saturated heterocycles. The van der Waals surface area contributed by atoms with Crippen molar-refractivity contribution < 1.29 is 4.79 Å². The molecule has 2 aromatic carbocycles. The zero-order valence-corrected chi connectivity index (χ0v) is 13.8. The lowest BCUT2D eigenvalue weighted by molar-refractivity contribution is -0.115. The van der Waals surface area contributed by atoms with Crippen LogP contribution in [0.2, 0.25) is 0 Å². The number of allylic oxidation sites excluding steroid dienone is 1. The first-order chi connectivity index (χ1) is 11.2. The Balaban J connectivity index is 1.80. The van der Waals surface area contributed by atoms with Crippen LogP contribution in [0.25, 0.3) is 22.9 Å². The van der Waals surface area contributed by atoms with Crippen molar-refractivity contribution in [2.75, 3.05) is 0 Å². The molecule has 23 heavy (non-hydrogen) atoms. The number of nitrogens with one attached hydrogen (secondary N) is 1. The third-order valence-corrected chi connectivity index (χ3v) is 5.99. The second kappa shape index (κ2) is 4.79. The van der Waals surface area contributed by atoms with E-state index in [1.54, 1.807) is 0 Å². The lowest BCUT2D eigenvalue weighted by Gasteiger charge is -2.16. The van der Waals surface area contributed by atoms with Crippen LogP contribution in [0.4, 0.5) is 0 Å². The lowest BCUT2D eigenvalue weighted by atomic mass is 9.88. The van der Waals surface area contributed by atoms with Gasteiger partial charge >= 0.3 is 0 Å². The van der Waals surface area contributed by atoms with E-state index in [0.717, 1.165) is 5.56 Å². The maximum Gasteiger partial charge on any atom is 0.263 e. The molecule has 0 spiro atoms. The lowest BCUT2D eigenvalue weighted by Crippen LogP contribution is -2.17. The molecule has 0 radical (unpaired) electrons. The van der Waals surface area contributed by atoms with Gasteiger partial charge in [0.25, 0.3) is 5.91 Å². The monoisotopic (exact) mass is 335 g/mol. The third kappa shape index (κ3) is 2.09. The van der Waals surface area contributed by atoms with Crippen LogP contribution in [0.15, 0.2) is 41.3 Å². The summed E-state index contributed by atoms with van der Waals surface area (Å²) in [4.78, 5) is 12.7. The van der Waals surface area contributed by atoms with Gasteiger partial charge in [0.2, 0.25) is 0 Å². The van der Waals surface area contributed by atoms with Gasteiger partial charge in [0.15, 0.2) is 0 Å². The number of rotatable bonds is 1. The first-order valence-corrected chi connectivity index (χ1v) is 8.92. The molecule has 1 amide bonds. The second-order valence-corrected chi connectivity index (χ2v) is 7.95. The Kier molecular flexibility index (Phi) is 2.82. The summed E-state index contributed by atoms with van der Waals surface area (Å²) < 4.78 is 0.535. The van der Waals surface area contributed by atoms with Gasteiger partial charge in [0.05, 0.1) is 4.91 Å². The van der Waals surface area contributed by atoms with Crippen molar-refractivity contribution in [2.45, 2.75) is 12.3 Å². The van der Waals surface area contributed by atoms with Crippen LogP contribution in [0.3, 0.4) is 0 Å². The van der Waals surface area contributed by atoms with E-state index >= 15 is 0 Å². The summed E-state index contributed by atoms with van der Waals surface area (Å²) in [6, 6.07) is 10.7. The molecule has 4 heteroatoms. The highest BCUT2D eigenvalue weighted by Gasteiger charge is 2.40. The van der Waals surface area contributed by atoms with Crippen LogP contribution in [-0.2, 0) is 4.79 Å². The number of amides is 1. The summed E-state index contributed by atoms with van der Waals surface area (Å²) >= 11 is 6.45. The molecule has 3 aliphatic rings. The van der Waals surface area contributed by atoms with E-state index < -0.39 is 0 Å². The molecule has 112 valence electrons. The maximum atomic E-state index is 12.1. The average molecular weight is 335 g/mol. The van der Waals surface area contributed by atoms with Crippen molar-refractivity contribution >= 4 is 57.1 Å². The normalized spacial score (nSPS) is 26.3. The highest BCUT2D eigenvalue weighted by Crippen LogP contribution is 2.54. The number of hydrogen-bond donors (Lipinski definition) is 1. The number of fused-ring (bicyclic) bond motifs is 4. The minimum Gasteiger partial charge on any atom is -0.307 e. The fourth-order valence-corrected chi connectivity index (χ4v) is 4.65. The number of benzene rings is 2. The van der Waals surface area contributed by atoms with Gasteiger partial charge in [-0.2, -0.15) is 0 Å². The maximum absolute atomic E-state index is 12.1. The minimum atomic E-state index is -0.0919. The summed E-state index contributed by atoms with van der Waals surface area (Å²) in [6.07, 6.45) is 7.80. The molecule has 2 aromatic rings. The van der Waals surface area contributed by atoms with Gasteiger partial charge in [-0.3, -0.25) is 4.79 Å². The van der Waals surface area contributed by atoms with E-state index in [1.165, 1.54) is 40.1 Å². The summed E-state index contributed by atoms with van der Waals surface area (Å²) in [6.45, 7) is 0. The Morgan fingerprint density at radius 3 is 3.00 bits per heavy atom. The van der Waals surface area contributed by atoms with Gasteiger partial charge in [0, 0.05) is 0 Å². The zero-order chi connectivity index (χ0) is 15.6. The van der Waals surface area contributed by atoms with Gasteiger partial charge in [-0.1, -0.05) is 66.5 Å². The highest BCUT2D eigenvalue weighted by molar-refractivity contribution is 8.26. The van der Waals surface area contributed by atoms with Gasteiger partial charge in [0.1, 0.15) is 4.32 Å². The summed E-state index contributed by atoms with van der Waals surface area (Å²) in [5, 5.41) is 5.13. The van der Waals surface area contributed by atoms with Crippen LogP contribution in [0.5, 0.6) is 0 Å². The molecule has 1 N–H and O–H groups in total. The quantitative estimate of drug-likeness (QED) is 0.616. The standard InChI is InChI=1S/C19H13NOS2/c21-18-17(23-19(22)20-18)9-16-12-4-2-1-3-10(12)8-15-13(16)6-5-11-7-14(11)15/h1-6,8-9,11,14H,7H2,(H,20,21,22)/b17-9-. The number of thioether (sulfide) groups is 1. The van der Waals surface area contributed by atoms with Crippen LogP contribution >= 0.6 is 24.0 Å². The molecule has 1 saturated carbocycles. The Labute approximate surface area is 143 Å². The van der Waals surface area contributed by atoms with E-state index in [4.69, 9.17) is 12.2 Å². The molecular weight excluding hydrogens is 322 g/mol. The molecule has 0 bridgehead atoms. The minimum absolute atomic E-state index is 0.0919. The number of thiocarbonyl (C=S) groups is 1. The average Bonchev–Trinajstić information content (AvgIpc) is 3.27. The van der Waals surface area contributed by atoms with Crippen molar-refractivity contribution in [1.82, 2.24) is 5.32 Å². The Bertz CT molecular complexity index is 957. The van der Waals surface area contributed by atoms with E-state index in [-0.39, 0.29) is 5.91 Å². The second-order valence-electron chi connectivity index (χ2n) is 6.23. The smallest absolute Gasteiger partial charge is 0.263 e. The molecule has 0 aromatic heterocycles. The number of carbonyl (C=O) groups excluding carboxylic acids is 1. The number of carbonyl (C=O) groups is 1. The SMILES string of the molecule is O=C1NC(=S)S/C1=C\c1c2c(cc3ccccc13)C1CC1C=C2. The topological polar surface area (TPSA) is 29.1 Å². The van der Waals surface area contributed by atoms with E-state index in [1.807, 2.05) is 6.08 Å². The molecule has 2 nitrogen and oxygen atoms in total. The van der Waals surface area contributed by atoms with Crippen molar-refractivity contribution in [3.63, 3.8) is 0 Å². The Hall–Kier alpha value is -1.91. The fraction of sp³-hybridized carbons (Fsp3) is 0.158. The van der Waals surface area contributed by atoms with Gasteiger partial charge in [-0.25, -0.2) is 0 Å². The molecular formula is C19H13NOS2. The summed E-state index contributed by atoms with van der Waals surface area (Å²) in [7, 11) is 0. The molecule has 1 aliphatic heterocycles. The van der Waals surface area contributed by atoms with Crippen LogP contribution in [0.1, 0.15) is 29.0 Å². The zero-order valence-electron chi connectivity index (χ0n) is 12.2. The third-order valence-electron chi connectivity index (χ3n) is 4.83. The summed E-state index contributed by atoms with van der Waals surface area (Å²) in [5.74, 6) is 1.27. The largest absolute Gasteiger partial charge is 0.307 e. The van der Waals surface area contributed by atoms with Crippen molar-refractivity contribution in [2.24, 2.45) is 5.92 Å². The fourth-order valence-electron chi connectivity index (χ4n) is 3.62. The summed E-state index contributed by atoms with van der Waals surface area (Å²) in [5.41, 5.74) is 3.83. The predicted molar refractivity (Wildman–Crippen MR) is 100 cm³/mol. The first-order valence-electron chi connectivity index (χ1n) is 7.69. The van der Waals surface area contributed by atoms with Gasteiger partial charge in [-0.15, -0.1) is 0 Å². The van der Waals surface area contributed by atoms with E-state index in [0.29, 0.717) is 21.1 Å². The van der Waals surface area contributed by atoms with Gasteiger partial charge < -0.3 is 5.32 Å².